The van der Waals surface area contributed by atoms with E-state index in [0.717, 1.165) is 40.9 Å². The van der Waals surface area contributed by atoms with Crippen LogP contribution in [-0.4, -0.2) is 35.1 Å². The summed E-state index contributed by atoms with van der Waals surface area (Å²) in [5.74, 6) is 0.227. The van der Waals surface area contributed by atoms with Crippen molar-refractivity contribution in [2.75, 3.05) is 14.1 Å². The number of pyridine rings is 1. The molecule has 1 aromatic carbocycles. The Hall–Kier alpha value is -1.78. The number of aromatic nitrogens is 1. The average molecular weight is 429 g/mol. The van der Waals surface area contributed by atoms with Crippen molar-refractivity contribution in [3.8, 4) is 11.1 Å². The van der Waals surface area contributed by atoms with Crippen molar-refractivity contribution in [3.63, 3.8) is 0 Å². The molecule has 4 heteroatoms. The van der Waals surface area contributed by atoms with Gasteiger partial charge in [0.05, 0.1) is 6.61 Å². The second-order valence-corrected chi connectivity index (χ2v) is 9.49. The third kappa shape index (κ3) is 6.36. The summed E-state index contributed by atoms with van der Waals surface area (Å²) >= 11 is 0. The molecule has 1 heterocycles. The minimum absolute atomic E-state index is 0.0639. The van der Waals surface area contributed by atoms with Crippen molar-refractivity contribution in [1.29, 1.82) is 0 Å². The molecule has 0 saturated heterocycles. The van der Waals surface area contributed by atoms with Crippen LogP contribution < -0.4 is 0 Å². The molecule has 0 amide bonds. The quantitative estimate of drug-likeness (QED) is 0.434. The molecule has 1 aromatic heterocycles. The van der Waals surface area contributed by atoms with Crippen LogP contribution in [0.4, 0.5) is 4.39 Å². The fraction of sp³-hybridized carbons (Fsp3) is 0.593. The molecular weight excluding hydrogens is 387 g/mol. The van der Waals surface area contributed by atoms with Gasteiger partial charge in [0.15, 0.2) is 0 Å². The van der Waals surface area contributed by atoms with E-state index in [0.29, 0.717) is 6.04 Å². The molecule has 0 spiro atoms. The molecule has 0 aliphatic rings. The number of unbranched alkanes of at least 4 members (excludes halogenated alkanes) is 1. The predicted octanol–water partition coefficient (Wildman–Crippen LogP) is 6.68. The largest absolute Gasteiger partial charge is 0.392 e. The highest BCUT2D eigenvalue weighted by atomic mass is 19.1. The molecule has 0 bridgehead atoms. The first-order chi connectivity index (χ1) is 14.7. The van der Waals surface area contributed by atoms with Crippen LogP contribution in [0.5, 0.6) is 0 Å². The number of nitrogens with zero attached hydrogens (tertiary/aromatic N) is 2. The van der Waals surface area contributed by atoms with E-state index in [1.807, 2.05) is 12.1 Å². The van der Waals surface area contributed by atoms with Gasteiger partial charge < -0.3 is 10.0 Å². The molecule has 1 atom stereocenters. The third-order valence-electron chi connectivity index (χ3n) is 6.20. The summed E-state index contributed by atoms with van der Waals surface area (Å²) < 4.78 is 13.7. The molecule has 172 valence electrons. The molecule has 0 saturated carbocycles. The summed E-state index contributed by atoms with van der Waals surface area (Å²) in [5.41, 5.74) is 6.16. The molecule has 3 nitrogen and oxygen atoms in total. The summed E-state index contributed by atoms with van der Waals surface area (Å²) in [6, 6.07) is 7.19. The average Bonchev–Trinajstić information content (AvgIpc) is 2.72. The van der Waals surface area contributed by atoms with Crippen molar-refractivity contribution < 1.29 is 9.50 Å². The summed E-state index contributed by atoms with van der Waals surface area (Å²) in [7, 11) is 4.31. The molecule has 2 rings (SSSR count). The highest BCUT2D eigenvalue weighted by Gasteiger charge is 2.24. The van der Waals surface area contributed by atoms with Gasteiger partial charge in [-0.15, -0.1) is 0 Å². The smallest absolute Gasteiger partial charge is 0.123 e. The molecule has 1 N–H and O–H groups in total. The standard InChI is InChI=1S/C27H41FN2O/c1-8-9-10-22(30(6)7)15-16-23-25(20-11-13-21(28)14-12-20)24(17-31)27(19(4)5)29-26(23)18(2)3/h11-14,18-19,22,31H,8-10,15-17H2,1-7H3. The van der Waals surface area contributed by atoms with Crippen LogP contribution in [0.2, 0.25) is 0 Å². The lowest BCUT2D eigenvalue weighted by molar-refractivity contribution is 0.259. The summed E-state index contributed by atoms with van der Waals surface area (Å²) in [4.78, 5) is 7.41. The van der Waals surface area contributed by atoms with Crippen LogP contribution >= 0.6 is 0 Å². The lowest BCUT2D eigenvalue weighted by atomic mass is 9.84. The van der Waals surface area contributed by atoms with E-state index in [-0.39, 0.29) is 24.3 Å². The molecule has 31 heavy (non-hydrogen) atoms. The molecule has 1 unspecified atom stereocenters. The second-order valence-electron chi connectivity index (χ2n) is 9.49. The van der Waals surface area contributed by atoms with Gasteiger partial charge >= 0.3 is 0 Å². The zero-order valence-corrected chi connectivity index (χ0v) is 20.5. The van der Waals surface area contributed by atoms with Crippen LogP contribution in [0.1, 0.15) is 94.7 Å². The van der Waals surface area contributed by atoms with Gasteiger partial charge in [-0.1, -0.05) is 59.6 Å². The summed E-state index contributed by atoms with van der Waals surface area (Å²) in [6.45, 7) is 10.8. The summed E-state index contributed by atoms with van der Waals surface area (Å²) in [5, 5.41) is 10.4. The Kier molecular flexibility index (Phi) is 9.64. The SMILES string of the molecule is CCCCC(CCc1c(C(C)C)nc(C(C)C)c(CO)c1-c1ccc(F)cc1)N(C)C. The minimum Gasteiger partial charge on any atom is -0.392 e. The van der Waals surface area contributed by atoms with Gasteiger partial charge in [-0.3, -0.25) is 4.98 Å². The Balaban J connectivity index is 2.66. The Morgan fingerprint density at radius 2 is 1.52 bits per heavy atom. The van der Waals surface area contributed by atoms with E-state index < -0.39 is 0 Å². The molecule has 0 aliphatic carbocycles. The van der Waals surface area contributed by atoms with Gasteiger partial charge in [0.1, 0.15) is 5.82 Å². The van der Waals surface area contributed by atoms with E-state index >= 15 is 0 Å². The fourth-order valence-electron chi connectivity index (χ4n) is 4.45. The maximum Gasteiger partial charge on any atom is 0.123 e. The number of hydrogen-bond donors (Lipinski definition) is 1. The van der Waals surface area contributed by atoms with Crippen molar-refractivity contribution >= 4 is 0 Å². The van der Waals surface area contributed by atoms with E-state index in [2.05, 4.69) is 53.6 Å². The van der Waals surface area contributed by atoms with E-state index in [1.165, 1.54) is 37.0 Å². The normalized spacial score (nSPS) is 12.9. The van der Waals surface area contributed by atoms with Crippen LogP contribution in [0.25, 0.3) is 11.1 Å². The monoisotopic (exact) mass is 428 g/mol. The molecule has 0 aliphatic heterocycles. The zero-order valence-electron chi connectivity index (χ0n) is 20.5. The Morgan fingerprint density at radius 3 is 2.00 bits per heavy atom. The minimum atomic E-state index is -0.245. The van der Waals surface area contributed by atoms with Crippen LogP contribution in [0, 0.1) is 5.82 Å². The fourth-order valence-corrected chi connectivity index (χ4v) is 4.45. The first-order valence-electron chi connectivity index (χ1n) is 11.8. The van der Waals surface area contributed by atoms with Crippen LogP contribution in [-0.2, 0) is 13.0 Å². The number of halogens is 1. The van der Waals surface area contributed by atoms with E-state index in [1.54, 1.807) is 0 Å². The second kappa shape index (κ2) is 11.7. The highest BCUT2D eigenvalue weighted by Crippen LogP contribution is 2.37. The van der Waals surface area contributed by atoms with E-state index in [9.17, 15) is 9.50 Å². The number of rotatable bonds is 11. The van der Waals surface area contributed by atoms with Crippen LogP contribution in [0.15, 0.2) is 24.3 Å². The molecule has 0 radical (unpaired) electrons. The maximum atomic E-state index is 13.7. The van der Waals surface area contributed by atoms with Crippen molar-refractivity contribution in [1.82, 2.24) is 9.88 Å². The topological polar surface area (TPSA) is 36.4 Å². The van der Waals surface area contributed by atoms with Gasteiger partial charge in [-0.05, 0) is 74.0 Å². The maximum absolute atomic E-state index is 13.7. The van der Waals surface area contributed by atoms with E-state index in [4.69, 9.17) is 4.98 Å². The lowest BCUT2D eigenvalue weighted by Crippen LogP contribution is -2.28. The number of benzene rings is 1. The van der Waals surface area contributed by atoms with Crippen molar-refractivity contribution in [2.45, 2.75) is 91.2 Å². The summed E-state index contributed by atoms with van der Waals surface area (Å²) in [6.07, 6.45) is 5.52. The third-order valence-corrected chi connectivity index (χ3v) is 6.20. The number of aliphatic hydroxyl groups excluding tert-OH is 1. The lowest BCUT2D eigenvalue weighted by Gasteiger charge is -2.28. The van der Waals surface area contributed by atoms with Gasteiger partial charge in [0, 0.05) is 23.0 Å². The van der Waals surface area contributed by atoms with Gasteiger partial charge in [-0.25, -0.2) is 4.39 Å². The van der Waals surface area contributed by atoms with Crippen LogP contribution in [0.3, 0.4) is 0 Å². The van der Waals surface area contributed by atoms with Crippen molar-refractivity contribution in [2.24, 2.45) is 0 Å². The number of aliphatic hydroxyl groups is 1. The number of hydrogen-bond acceptors (Lipinski definition) is 3. The molecular formula is C27H41FN2O. The predicted molar refractivity (Wildman–Crippen MR) is 129 cm³/mol. The zero-order chi connectivity index (χ0) is 23.1. The first kappa shape index (κ1) is 25.5. The molecule has 2 aromatic rings. The van der Waals surface area contributed by atoms with Gasteiger partial charge in [-0.2, -0.15) is 0 Å². The van der Waals surface area contributed by atoms with Gasteiger partial charge in [0.2, 0.25) is 0 Å². The Bertz CT molecular complexity index is 828. The first-order valence-corrected chi connectivity index (χ1v) is 11.8. The highest BCUT2D eigenvalue weighted by molar-refractivity contribution is 5.73. The molecule has 0 fully saturated rings. The van der Waals surface area contributed by atoms with Gasteiger partial charge in [0.25, 0.3) is 0 Å². The van der Waals surface area contributed by atoms with Crippen molar-refractivity contribution in [3.05, 3.63) is 52.6 Å². The Labute approximate surface area is 188 Å². The Morgan fingerprint density at radius 1 is 0.935 bits per heavy atom.